The fourth-order valence-corrected chi connectivity index (χ4v) is 4.25. The normalized spacial score (nSPS) is 24.2. The minimum absolute atomic E-state index is 0.297. The Balaban J connectivity index is 3.02. The van der Waals surface area contributed by atoms with Crippen LogP contribution in [0, 0.1) is 0 Å². The van der Waals surface area contributed by atoms with E-state index in [1.165, 1.54) is 25.7 Å². The summed E-state index contributed by atoms with van der Waals surface area (Å²) in [5.41, 5.74) is 0. The number of carbonyl (C=O) groups excluding carboxylic acids is 2. The van der Waals surface area contributed by atoms with Crippen molar-refractivity contribution in [3.63, 3.8) is 0 Å². The molecule has 1 heterocycles. The second kappa shape index (κ2) is 10.2. The van der Waals surface area contributed by atoms with E-state index < -0.39 is 37.8 Å². The van der Waals surface area contributed by atoms with Gasteiger partial charge in [-0.2, -0.15) is 0 Å². The van der Waals surface area contributed by atoms with Crippen molar-refractivity contribution in [3.8, 4) is 0 Å². The molecule has 0 aromatic carbocycles. The van der Waals surface area contributed by atoms with Crippen LogP contribution < -0.4 is 0 Å². The number of rotatable bonds is 8. The minimum atomic E-state index is -3.52. The van der Waals surface area contributed by atoms with E-state index in [0.717, 1.165) is 0 Å². The monoisotopic (exact) mass is 392 g/mol. The number of hydrogen-bond acceptors (Lipinski definition) is 8. The Kier molecular flexibility index (Phi) is 8.96. The molecule has 1 aliphatic rings. The van der Waals surface area contributed by atoms with Gasteiger partial charge in [-0.3, -0.25) is 14.2 Å². The van der Waals surface area contributed by atoms with E-state index in [4.69, 9.17) is 23.3 Å². The molecule has 0 saturated carbocycles. The van der Waals surface area contributed by atoms with Gasteiger partial charge in [0.25, 0.3) is 0 Å². The van der Waals surface area contributed by atoms with Crippen LogP contribution in [-0.4, -0.2) is 49.1 Å². The Labute approximate surface area is 154 Å². The lowest BCUT2D eigenvalue weighted by molar-refractivity contribution is -0.187. The van der Waals surface area contributed by atoms with E-state index in [1.54, 1.807) is 27.7 Å². The van der Waals surface area contributed by atoms with Gasteiger partial charge >= 0.3 is 19.5 Å². The van der Waals surface area contributed by atoms with E-state index in [2.05, 4.69) is 0 Å². The molecule has 150 valence electrons. The van der Waals surface area contributed by atoms with Crippen molar-refractivity contribution < 1.29 is 37.4 Å². The third-order valence-electron chi connectivity index (χ3n) is 3.20. The van der Waals surface area contributed by atoms with Gasteiger partial charge in [0, 0.05) is 26.1 Å². The first-order valence-corrected chi connectivity index (χ1v) is 10.3. The maximum Gasteiger partial charge on any atom is 0.354 e. The molecular weight excluding hydrogens is 363 g/mol. The van der Waals surface area contributed by atoms with Crippen LogP contribution >= 0.6 is 7.60 Å². The molecule has 1 fully saturated rings. The van der Waals surface area contributed by atoms with Gasteiger partial charge in [0.15, 0.2) is 6.10 Å². The summed E-state index contributed by atoms with van der Waals surface area (Å²) in [5, 5.41) is 0. The van der Waals surface area contributed by atoms with Crippen LogP contribution in [0.5, 0.6) is 0 Å². The summed E-state index contributed by atoms with van der Waals surface area (Å²) in [5.74, 6) is 0.300. The van der Waals surface area contributed by atoms with Crippen LogP contribution in [0.3, 0.4) is 0 Å². The van der Waals surface area contributed by atoms with Crippen LogP contribution in [0.15, 0.2) is 11.9 Å². The largest absolute Gasteiger partial charge is 0.458 e. The van der Waals surface area contributed by atoms with Gasteiger partial charge in [-0.25, -0.2) is 0 Å². The molecule has 0 radical (unpaired) electrons. The zero-order valence-corrected chi connectivity index (χ0v) is 17.1. The van der Waals surface area contributed by atoms with Gasteiger partial charge in [0.05, 0.1) is 18.8 Å². The first-order chi connectivity index (χ1) is 12.0. The smallest absolute Gasteiger partial charge is 0.354 e. The standard InChI is InChI=1S/C17H29O8P/c1-11(2)24-26(20,25-12(3)4)10-8-15-17(23-14(6)19)16(7-9-21-15)22-13(5)18/h8,10-12,15-17H,7,9H2,1-6H3/b10-8+/t15-,16-,17-/m1/s1. The van der Waals surface area contributed by atoms with E-state index in [-0.39, 0.29) is 12.2 Å². The van der Waals surface area contributed by atoms with Gasteiger partial charge in [-0.05, 0) is 33.8 Å². The average Bonchev–Trinajstić information content (AvgIpc) is 2.44. The summed E-state index contributed by atoms with van der Waals surface area (Å²) in [7, 11) is -3.52. The zero-order valence-electron chi connectivity index (χ0n) is 16.2. The molecule has 0 aromatic rings. The second-order valence-electron chi connectivity index (χ2n) is 6.54. The SMILES string of the molecule is CC(=O)O[C@@H]1[C@@H](/C=C/P(=O)(OC(C)C)OC(C)C)OCC[C@H]1OC(C)=O. The molecule has 1 saturated heterocycles. The lowest BCUT2D eigenvalue weighted by Gasteiger charge is -2.35. The summed E-state index contributed by atoms with van der Waals surface area (Å²) in [6.45, 7) is 9.84. The van der Waals surface area contributed by atoms with Crippen LogP contribution in [-0.2, 0) is 37.4 Å². The molecule has 8 nitrogen and oxygen atoms in total. The highest BCUT2D eigenvalue weighted by Crippen LogP contribution is 2.52. The molecule has 0 aliphatic carbocycles. The highest BCUT2D eigenvalue weighted by atomic mass is 31.2. The Morgan fingerprint density at radius 1 is 1.04 bits per heavy atom. The molecule has 0 bridgehead atoms. The predicted molar refractivity (Wildman–Crippen MR) is 94.7 cm³/mol. The number of esters is 2. The van der Waals surface area contributed by atoms with Gasteiger partial charge in [-0.1, -0.05) is 0 Å². The van der Waals surface area contributed by atoms with Crippen LogP contribution in [0.25, 0.3) is 0 Å². The Morgan fingerprint density at radius 2 is 1.58 bits per heavy atom. The second-order valence-corrected chi connectivity index (χ2v) is 8.34. The molecule has 1 aliphatic heterocycles. The lowest BCUT2D eigenvalue weighted by atomic mass is 10.0. The summed E-state index contributed by atoms with van der Waals surface area (Å²) in [6, 6.07) is 0. The molecule has 3 atom stereocenters. The third-order valence-corrected chi connectivity index (χ3v) is 5.16. The molecule has 0 N–H and O–H groups in total. The maximum atomic E-state index is 12.9. The molecular formula is C17H29O8P. The van der Waals surface area contributed by atoms with Crippen molar-refractivity contribution in [2.45, 2.75) is 78.5 Å². The van der Waals surface area contributed by atoms with E-state index in [1.807, 2.05) is 0 Å². The average molecular weight is 392 g/mol. The first-order valence-electron chi connectivity index (χ1n) is 8.64. The highest BCUT2D eigenvalue weighted by Gasteiger charge is 2.38. The molecule has 0 spiro atoms. The quantitative estimate of drug-likeness (QED) is 0.459. The van der Waals surface area contributed by atoms with Gasteiger partial charge in [-0.15, -0.1) is 0 Å². The molecule has 9 heteroatoms. The molecule has 0 unspecified atom stereocenters. The minimum Gasteiger partial charge on any atom is -0.458 e. The molecule has 0 aromatic heterocycles. The fourth-order valence-electron chi connectivity index (χ4n) is 2.50. The third kappa shape index (κ3) is 7.99. The van der Waals surface area contributed by atoms with Gasteiger partial charge in [0.1, 0.15) is 12.2 Å². The van der Waals surface area contributed by atoms with E-state index >= 15 is 0 Å². The Morgan fingerprint density at radius 3 is 2.04 bits per heavy atom. The van der Waals surface area contributed by atoms with Crippen molar-refractivity contribution in [1.82, 2.24) is 0 Å². The fraction of sp³-hybridized carbons (Fsp3) is 0.765. The van der Waals surface area contributed by atoms with E-state index in [0.29, 0.717) is 13.0 Å². The number of ether oxygens (including phenoxy) is 3. The molecule has 1 rings (SSSR count). The van der Waals surface area contributed by atoms with Gasteiger partial charge < -0.3 is 23.3 Å². The Hall–Kier alpha value is -1.21. The predicted octanol–water partition coefficient (Wildman–Crippen LogP) is 3.20. The van der Waals surface area contributed by atoms with Crippen molar-refractivity contribution in [2.24, 2.45) is 0 Å². The first kappa shape index (κ1) is 22.8. The molecule has 0 amide bonds. The zero-order chi connectivity index (χ0) is 19.9. The topological polar surface area (TPSA) is 97.4 Å². The van der Waals surface area contributed by atoms with Crippen molar-refractivity contribution >= 4 is 19.5 Å². The number of hydrogen-bond donors (Lipinski definition) is 0. The summed E-state index contributed by atoms with van der Waals surface area (Å²) in [4.78, 5) is 22.7. The van der Waals surface area contributed by atoms with Crippen LogP contribution in [0.2, 0.25) is 0 Å². The van der Waals surface area contributed by atoms with Crippen molar-refractivity contribution in [3.05, 3.63) is 11.9 Å². The number of carbonyl (C=O) groups is 2. The van der Waals surface area contributed by atoms with Crippen molar-refractivity contribution in [1.29, 1.82) is 0 Å². The summed E-state index contributed by atoms with van der Waals surface area (Å²) in [6.07, 6.45) is -0.968. The highest BCUT2D eigenvalue weighted by molar-refractivity contribution is 7.57. The van der Waals surface area contributed by atoms with Gasteiger partial charge in [0.2, 0.25) is 0 Å². The maximum absolute atomic E-state index is 12.9. The summed E-state index contributed by atoms with van der Waals surface area (Å²) >= 11 is 0. The van der Waals surface area contributed by atoms with Crippen molar-refractivity contribution in [2.75, 3.05) is 6.61 Å². The van der Waals surface area contributed by atoms with E-state index in [9.17, 15) is 14.2 Å². The Bertz CT molecular complexity index is 543. The summed E-state index contributed by atoms with van der Waals surface area (Å²) < 4.78 is 39.9. The van der Waals surface area contributed by atoms with Crippen LogP contribution in [0.1, 0.15) is 48.0 Å². The molecule has 26 heavy (non-hydrogen) atoms. The van der Waals surface area contributed by atoms with Crippen LogP contribution in [0.4, 0.5) is 0 Å². The lowest BCUT2D eigenvalue weighted by Crippen LogP contribution is -2.48.